The zero-order chi connectivity index (χ0) is 4.50. The second-order valence-electron chi connectivity index (χ2n) is 0.447. The Morgan fingerprint density at radius 3 is 1.33 bits per heavy atom. The van der Waals surface area contributed by atoms with Gasteiger partial charge < -0.3 is 19.2 Å². The minimum atomic E-state index is -5.39. The fraction of sp³-hybridized carbons (Fsp3) is 0. The van der Waals surface area contributed by atoms with Gasteiger partial charge >= 0.3 is 1.43 Å². The Morgan fingerprint density at radius 1 is 1.33 bits per heavy atom. The van der Waals surface area contributed by atoms with Gasteiger partial charge in [0.25, 0.3) is 0 Å². The van der Waals surface area contributed by atoms with Crippen LogP contribution in [0.5, 0.6) is 0 Å². The molecular formula is HO4PPb-2. The van der Waals surface area contributed by atoms with Gasteiger partial charge in [0, 0.05) is 27.3 Å². The smallest absolute Gasteiger partial charge is 0.822 e. The van der Waals surface area contributed by atoms with Gasteiger partial charge in [0.05, 0.1) is 0 Å². The van der Waals surface area contributed by atoms with Crippen LogP contribution in [0.1, 0.15) is 1.43 Å². The van der Waals surface area contributed by atoms with Crippen molar-refractivity contribution in [2.75, 3.05) is 0 Å². The van der Waals surface area contributed by atoms with Gasteiger partial charge in [0.2, 0.25) is 0 Å². The third-order valence-electron chi connectivity index (χ3n) is 0. The topological polar surface area (TPSA) is 86.2 Å². The van der Waals surface area contributed by atoms with Gasteiger partial charge in [-0.25, -0.2) is 0 Å². The second kappa shape index (κ2) is 3.09. The van der Waals surface area contributed by atoms with E-state index in [1.165, 1.54) is 0 Å². The van der Waals surface area contributed by atoms with E-state index in [1.54, 1.807) is 0 Å². The summed E-state index contributed by atoms with van der Waals surface area (Å²) in [6.45, 7) is 0. The van der Waals surface area contributed by atoms with Crippen molar-refractivity contribution in [2.45, 2.75) is 0 Å². The molecule has 0 unspecified atom stereocenters. The molecule has 0 saturated carbocycles. The maximum atomic E-state index is 8.55. The van der Waals surface area contributed by atoms with E-state index >= 15 is 0 Å². The molecule has 0 saturated heterocycles. The molecule has 0 aromatic heterocycles. The summed E-state index contributed by atoms with van der Waals surface area (Å²) in [5.74, 6) is 0. The van der Waals surface area contributed by atoms with Crippen LogP contribution in [0.2, 0.25) is 0 Å². The summed E-state index contributed by atoms with van der Waals surface area (Å²) in [6, 6.07) is 0. The largest absolute Gasteiger partial charge is 1.00 e. The molecule has 0 aliphatic rings. The molecule has 0 atom stereocenters. The molecule has 0 aromatic rings. The Bertz CT molecular complexity index is 57.8. The molecule has 0 heterocycles. The van der Waals surface area contributed by atoms with Crippen LogP contribution in [0.25, 0.3) is 0 Å². The van der Waals surface area contributed by atoms with Crippen LogP contribution >= 0.6 is 7.82 Å². The van der Waals surface area contributed by atoms with E-state index in [9.17, 15) is 0 Å². The van der Waals surface area contributed by atoms with Crippen molar-refractivity contribution in [3.8, 4) is 0 Å². The number of hydrogen-bond donors (Lipinski definition) is 0. The fourth-order valence-corrected chi connectivity index (χ4v) is 0. The van der Waals surface area contributed by atoms with Crippen molar-refractivity contribution in [1.29, 1.82) is 0 Å². The van der Waals surface area contributed by atoms with Gasteiger partial charge in [-0.2, -0.15) is 7.82 Å². The number of phosphoric acid groups is 1. The predicted octanol–water partition coefficient (Wildman–Crippen LogP) is -3.09. The molecule has 0 spiro atoms. The van der Waals surface area contributed by atoms with Gasteiger partial charge in [-0.05, 0) is 0 Å². The van der Waals surface area contributed by atoms with Gasteiger partial charge in [0.15, 0.2) is 0 Å². The molecule has 0 aliphatic heterocycles. The molecule has 6 heteroatoms. The SMILES string of the molecule is O=P([O-])([O-])[O-].[H+].[Pb]. The first-order chi connectivity index (χ1) is 2.00. The fourth-order valence-electron chi connectivity index (χ4n) is 0. The van der Waals surface area contributed by atoms with Crippen molar-refractivity contribution in [3.63, 3.8) is 0 Å². The molecule has 4 radical (unpaired) electrons. The zero-order valence-corrected chi connectivity index (χ0v) is 7.36. The maximum Gasteiger partial charge on any atom is 1.00 e. The van der Waals surface area contributed by atoms with Crippen LogP contribution in [0, 0.1) is 0 Å². The van der Waals surface area contributed by atoms with Crippen LogP contribution in [-0.2, 0) is 4.57 Å². The number of hydrogen-bond acceptors (Lipinski definition) is 4. The molecule has 0 aliphatic carbocycles. The first-order valence-electron chi connectivity index (χ1n) is 0.730. The Labute approximate surface area is 56.1 Å². The predicted molar refractivity (Wildman–Crippen MR) is 14.5 cm³/mol. The van der Waals surface area contributed by atoms with Crippen molar-refractivity contribution in [2.24, 2.45) is 0 Å². The first-order valence-corrected chi connectivity index (χ1v) is 2.19. The molecule has 0 bridgehead atoms. The van der Waals surface area contributed by atoms with Crippen LogP contribution in [0.3, 0.4) is 0 Å². The first kappa shape index (κ1) is 10.1. The van der Waals surface area contributed by atoms with E-state index in [-0.39, 0.29) is 28.7 Å². The summed E-state index contributed by atoms with van der Waals surface area (Å²) in [6.07, 6.45) is 0. The summed E-state index contributed by atoms with van der Waals surface area (Å²) in [7, 11) is -5.39. The van der Waals surface area contributed by atoms with Crippen LogP contribution in [0.4, 0.5) is 0 Å². The minimum Gasteiger partial charge on any atom is -0.822 e. The summed E-state index contributed by atoms with van der Waals surface area (Å²) >= 11 is 0. The summed E-state index contributed by atoms with van der Waals surface area (Å²) in [5.41, 5.74) is 0. The minimum absolute atomic E-state index is 0. The molecule has 0 rings (SSSR count). The molecule has 0 aromatic carbocycles. The Kier molecular flexibility index (Phi) is 5.20. The average Bonchev–Trinajstić information content (AvgIpc) is 0.722. The monoisotopic (exact) mass is 304 g/mol. The van der Waals surface area contributed by atoms with Gasteiger partial charge in [-0.3, -0.25) is 0 Å². The van der Waals surface area contributed by atoms with Gasteiger partial charge in [-0.15, -0.1) is 0 Å². The van der Waals surface area contributed by atoms with E-state index in [0.717, 1.165) is 0 Å². The van der Waals surface area contributed by atoms with E-state index in [1.807, 2.05) is 0 Å². The van der Waals surface area contributed by atoms with Crippen LogP contribution < -0.4 is 14.7 Å². The standard InChI is InChI=1S/H3O4P.Pb/c1-5(2,3)4;/h(H3,1,2,3,4);/p-2. The van der Waals surface area contributed by atoms with E-state index in [2.05, 4.69) is 0 Å². The van der Waals surface area contributed by atoms with Crippen molar-refractivity contribution >= 4 is 35.1 Å². The van der Waals surface area contributed by atoms with Gasteiger partial charge in [-0.1, -0.05) is 0 Å². The van der Waals surface area contributed by atoms with E-state index < -0.39 is 7.82 Å². The van der Waals surface area contributed by atoms with Crippen molar-refractivity contribution in [3.05, 3.63) is 0 Å². The van der Waals surface area contributed by atoms with E-state index in [0.29, 0.717) is 0 Å². The molecular weight excluding hydrogens is 302 g/mol. The summed E-state index contributed by atoms with van der Waals surface area (Å²) < 4.78 is 8.55. The Hall–Kier alpha value is 1.03. The summed E-state index contributed by atoms with van der Waals surface area (Å²) in [5, 5.41) is 0. The molecule has 6 heavy (non-hydrogen) atoms. The molecule has 4 nitrogen and oxygen atoms in total. The normalized spacial score (nSPS) is 9.83. The average molecular weight is 303 g/mol. The quantitative estimate of drug-likeness (QED) is 0.350. The molecule has 0 fully saturated rings. The van der Waals surface area contributed by atoms with Gasteiger partial charge in [0.1, 0.15) is 0 Å². The van der Waals surface area contributed by atoms with E-state index in [4.69, 9.17) is 19.2 Å². The molecule has 0 amide bonds. The van der Waals surface area contributed by atoms with Crippen molar-refractivity contribution < 1.29 is 20.7 Å². The Balaban J connectivity index is -0.0000000800. The summed E-state index contributed by atoms with van der Waals surface area (Å²) in [4.78, 5) is 25.6. The second-order valence-corrected chi connectivity index (χ2v) is 1.34. The van der Waals surface area contributed by atoms with Crippen molar-refractivity contribution in [1.82, 2.24) is 0 Å². The van der Waals surface area contributed by atoms with Crippen LogP contribution in [-0.4, -0.2) is 27.3 Å². The molecule has 36 valence electrons. The Morgan fingerprint density at radius 2 is 1.33 bits per heavy atom. The molecule has 0 N–H and O–H groups in total. The zero-order valence-electron chi connectivity index (χ0n) is 3.58. The number of rotatable bonds is 0. The third kappa shape index (κ3) is 76.8. The third-order valence-corrected chi connectivity index (χ3v) is 0. The van der Waals surface area contributed by atoms with Crippen LogP contribution in [0.15, 0.2) is 0 Å². The maximum absolute atomic E-state index is 8.55.